The SMILES string of the molecule is CN1CCCCC1c1nc(C2CCCN2)no1. The molecule has 0 aliphatic carbocycles. The highest BCUT2D eigenvalue weighted by Gasteiger charge is 2.28. The Bertz CT molecular complexity index is 372. The highest BCUT2D eigenvalue weighted by atomic mass is 16.5. The molecule has 5 nitrogen and oxygen atoms in total. The van der Waals surface area contributed by atoms with Crippen molar-refractivity contribution in [3.05, 3.63) is 11.7 Å². The van der Waals surface area contributed by atoms with E-state index in [0.29, 0.717) is 12.1 Å². The molecule has 2 fully saturated rings. The molecule has 0 bridgehead atoms. The van der Waals surface area contributed by atoms with E-state index in [1.165, 1.54) is 19.3 Å². The number of hydrogen-bond donors (Lipinski definition) is 1. The lowest BCUT2D eigenvalue weighted by molar-refractivity contribution is 0.150. The number of nitrogens with one attached hydrogen (secondary N) is 1. The molecule has 94 valence electrons. The molecule has 0 saturated carbocycles. The molecule has 0 radical (unpaired) electrons. The molecular formula is C12H20N4O. The molecular weight excluding hydrogens is 216 g/mol. The van der Waals surface area contributed by atoms with E-state index in [9.17, 15) is 0 Å². The highest BCUT2D eigenvalue weighted by molar-refractivity contribution is 5.00. The van der Waals surface area contributed by atoms with E-state index in [1.54, 1.807) is 0 Å². The summed E-state index contributed by atoms with van der Waals surface area (Å²) < 4.78 is 5.44. The van der Waals surface area contributed by atoms with Crippen molar-refractivity contribution < 1.29 is 4.52 Å². The van der Waals surface area contributed by atoms with Crippen molar-refractivity contribution >= 4 is 0 Å². The zero-order valence-electron chi connectivity index (χ0n) is 10.4. The number of aromatic nitrogens is 2. The lowest BCUT2D eigenvalue weighted by Gasteiger charge is -2.29. The second-order valence-electron chi connectivity index (χ2n) is 5.13. The van der Waals surface area contributed by atoms with Gasteiger partial charge in [0.25, 0.3) is 0 Å². The van der Waals surface area contributed by atoms with Gasteiger partial charge in [0.2, 0.25) is 5.89 Å². The van der Waals surface area contributed by atoms with Crippen LogP contribution in [0.15, 0.2) is 4.52 Å². The maximum absolute atomic E-state index is 5.44. The minimum absolute atomic E-state index is 0.307. The molecule has 2 aliphatic rings. The topological polar surface area (TPSA) is 54.2 Å². The maximum Gasteiger partial charge on any atom is 0.244 e. The van der Waals surface area contributed by atoms with Crippen molar-refractivity contribution in [3.63, 3.8) is 0 Å². The van der Waals surface area contributed by atoms with Crippen molar-refractivity contribution in [3.8, 4) is 0 Å². The van der Waals surface area contributed by atoms with Crippen molar-refractivity contribution in [2.24, 2.45) is 0 Å². The van der Waals surface area contributed by atoms with Crippen molar-refractivity contribution in [2.45, 2.75) is 44.2 Å². The third-order valence-electron chi connectivity index (χ3n) is 3.88. The van der Waals surface area contributed by atoms with Gasteiger partial charge in [-0.25, -0.2) is 0 Å². The second kappa shape index (κ2) is 4.74. The van der Waals surface area contributed by atoms with Gasteiger partial charge in [0.15, 0.2) is 5.82 Å². The molecule has 17 heavy (non-hydrogen) atoms. The highest BCUT2D eigenvalue weighted by Crippen LogP contribution is 2.29. The molecule has 2 unspecified atom stereocenters. The fourth-order valence-corrected chi connectivity index (χ4v) is 2.82. The number of piperidine rings is 1. The van der Waals surface area contributed by atoms with Gasteiger partial charge in [-0.2, -0.15) is 4.98 Å². The van der Waals surface area contributed by atoms with Crippen molar-refractivity contribution in [1.82, 2.24) is 20.4 Å². The smallest absolute Gasteiger partial charge is 0.244 e. The molecule has 2 aliphatic heterocycles. The molecule has 0 amide bonds. The van der Waals surface area contributed by atoms with Crippen molar-refractivity contribution in [2.75, 3.05) is 20.1 Å². The quantitative estimate of drug-likeness (QED) is 0.846. The summed E-state index contributed by atoms with van der Waals surface area (Å²) in [5, 5.41) is 7.53. The molecule has 1 N–H and O–H groups in total. The van der Waals surface area contributed by atoms with E-state index in [1.807, 2.05) is 0 Å². The first-order chi connectivity index (χ1) is 8.34. The predicted octanol–water partition coefficient (Wildman–Crippen LogP) is 1.65. The van der Waals surface area contributed by atoms with Gasteiger partial charge in [-0.1, -0.05) is 11.6 Å². The first-order valence-electron chi connectivity index (χ1n) is 6.62. The molecule has 2 saturated heterocycles. The zero-order valence-corrected chi connectivity index (χ0v) is 10.4. The molecule has 1 aromatic rings. The Labute approximate surface area is 102 Å². The Morgan fingerprint density at radius 1 is 1.29 bits per heavy atom. The van der Waals surface area contributed by atoms with Crippen LogP contribution in [0.2, 0.25) is 0 Å². The van der Waals surface area contributed by atoms with Gasteiger partial charge in [0, 0.05) is 0 Å². The van der Waals surface area contributed by atoms with Crippen LogP contribution in [0, 0.1) is 0 Å². The summed E-state index contributed by atoms with van der Waals surface area (Å²) in [5.74, 6) is 1.65. The average Bonchev–Trinajstić information content (AvgIpc) is 3.00. The van der Waals surface area contributed by atoms with Gasteiger partial charge in [0.1, 0.15) is 0 Å². The van der Waals surface area contributed by atoms with Gasteiger partial charge in [0.05, 0.1) is 12.1 Å². The van der Waals surface area contributed by atoms with E-state index < -0.39 is 0 Å². The molecule has 1 aromatic heterocycles. The van der Waals surface area contributed by atoms with Gasteiger partial charge in [-0.05, 0) is 45.8 Å². The number of likely N-dealkylation sites (tertiary alicyclic amines) is 1. The van der Waals surface area contributed by atoms with E-state index >= 15 is 0 Å². The molecule has 3 heterocycles. The van der Waals surface area contributed by atoms with Crippen LogP contribution in [0.25, 0.3) is 0 Å². The summed E-state index contributed by atoms with van der Waals surface area (Å²) in [4.78, 5) is 6.91. The fourth-order valence-electron chi connectivity index (χ4n) is 2.82. The summed E-state index contributed by atoms with van der Waals surface area (Å²) >= 11 is 0. The third-order valence-corrected chi connectivity index (χ3v) is 3.88. The van der Waals surface area contributed by atoms with Crippen LogP contribution >= 0.6 is 0 Å². The summed E-state index contributed by atoms with van der Waals surface area (Å²) in [6.07, 6.45) is 6.00. The summed E-state index contributed by atoms with van der Waals surface area (Å²) in [6, 6.07) is 0.632. The number of hydrogen-bond acceptors (Lipinski definition) is 5. The lowest BCUT2D eigenvalue weighted by atomic mass is 10.0. The minimum Gasteiger partial charge on any atom is -0.338 e. The van der Waals surface area contributed by atoms with Crippen LogP contribution in [0.3, 0.4) is 0 Å². The first kappa shape index (κ1) is 11.2. The van der Waals surface area contributed by atoms with Crippen LogP contribution in [0.1, 0.15) is 55.9 Å². The monoisotopic (exact) mass is 236 g/mol. The Morgan fingerprint density at radius 3 is 3.00 bits per heavy atom. The summed E-state index contributed by atoms with van der Waals surface area (Å²) in [5.41, 5.74) is 0. The number of rotatable bonds is 2. The normalized spacial score (nSPS) is 30.9. The Morgan fingerprint density at radius 2 is 2.24 bits per heavy atom. The predicted molar refractivity (Wildman–Crippen MR) is 63.5 cm³/mol. The van der Waals surface area contributed by atoms with Gasteiger partial charge < -0.3 is 9.84 Å². The van der Waals surface area contributed by atoms with Crippen LogP contribution < -0.4 is 5.32 Å². The molecule has 0 spiro atoms. The van der Waals surface area contributed by atoms with Crippen LogP contribution in [-0.2, 0) is 0 Å². The largest absolute Gasteiger partial charge is 0.338 e. The Hall–Kier alpha value is -0.940. The fraction of sp³-hybridized carbons (Fsp3) is 0.833. The van der Waals surface area contributed by atoms with E-state index in [0.717, 1.165) is 37.6 Å². The Kier molecular flexibility index (Phi) is 3.11. The minimum atomic E-state index is 0.307. The standard InChI is InChI=1S/C12H20N4O/c1-16-8-3-2-6-10(16)12-14-11(15-17-12)9-5-4-7-13-9/h9-10,13H,2-8H2,1H3. The van der Waals surface area contributed by atoms with E-state index in [2.05, 4.69) is 27.4 Å². The van der Waals surface area contributed by atoms with Crippen molar-refractivity contribution in [1.29, 1.82) is 0 Å². The molecule has 3 rings (SSSR count). The average molecular weight is 236 g/mol. The van der Waals surface area contributed by atoms with Gasteiger partial charge >= 0.3 is 0 Å². The first-order valence-corrected chi connectivity index (χ1v) is 6.62. The summed E-state index contributed by atoms with van der Waals surface area (Å²) in [6.45, 7) is 2.20. The third kappa shape index (κ3) is 2.21. The molecule has 2 atom stereocenters. The Balaban J connectivity index is 1.74. The molecule has 0 aromatic carbocycles. The van der Waals surface area contributed by atoms with Gasteiger partial charge in [-0.15, -0.1) is 0 Å². The summed E-state index contributed by atoms with van der Waals surface area (Å²) in [7, 11) is 2.14. The van der Waals surface area contributed by atoms with Crippen LogP contribution in [0.5, 0.6) is 0 Å². The zero-order chi connectivity index (χ0) is 11.7. The van der Waals surface area contributed by atoms with E-state index in [-0.39, 0.29) is 0 Å². The van der Waals surface area contributed by atoms with E-state index in [4.69, 9.17) is 4.52 Å². The number of nitrogens with zero attached hydrogens (tertiary/aromatic N) is 3. The van der Waals surface area contributed by atoms with Crippen LogP contribution in [0.4, 0.5) is 0 Å². The molecule has 5 heteroatoms. The lowest BCUT2D eigenvalue weighted by Crippen LogP contribution is -2.29. The van der Waals surface area contributed by atoms with Crippen LogP contribution in [-0.4, -0.2) is 35.2 Å². The van der Waals surface area contributed by atoms with Gasteiger partial charge in [-0.3, -0.25) is 4.90 Å². The maximum atomic E-state index is 5.44. The second-order valence-corrected chi connectivity index (χ2v) is 5.13.